The van der Waals surface area contributed by atoms with Crippen LogP contribution in [-0.4, -0.2) is 15.5 Å². The fraction of sp³-hybridized carbons (Fsp3) is 0.0625. The molecule has 1 amide bonds. The first kappa shape index (κ1) is 14.2. The Kier molecular flexibility index (Phi) is 4.11. The van der Waals surface area contributed by atoms with Gasteiger partial charge in [-0.1, -0.05) is 18.2 Å². The maximum atomic E-state index is 12.0. The Labute approximate surface area is 131 Å². The van der Waals surface area contributed by atoms with Crippen LogP contribution in [0.3, 0.4) is 0 Å². The number of rotatable bonds is 3. The van der Waals surface area contributed by atoms with Crippen LogP contribution in [0.2, 0.25) is 0 Å². The zero-order chi connectivity index (χ0) is 15.4. The van der Waals surface area contributed by atoms with E-state index in [4.69, 9.17) is 0 Å². The number of hydrogen-bond acceptors (Lipinski definition) is 4. The number of nitrogens with zero attached hydrogens (tertiary/aromatic N) is 3. The molecule has 110 valence electrons. The lowest BCUT2D eigenvalue weighted by atomic mass is 10.3. The van der Waals surface area contributed by atoms with Gasteiger partial charge < -0.3 is 0 Å². The zero-order valence-corrected chi connectivity index (χ0v) is 12.7. The fourth-order valence-electron chi connectivity index (χ4n) is 2.03. The van der Waals surface area contributed by atoms with Crippen molar-refractivity contribution in [2.75, 3.05) is 0 Å². The predicted molar refractivity (Wildman–Crippen MR) is 85.6 cm³/mol. The first-order valence-electron chi connectivity index (χ1n) is 6.72. The lowest BCUT2D eigenvalue weighted by Gasteiger charge is -2.05. The second-order valence-corrected chi connectivity index (χ2v) is 5.46. The number of benzene rings is 1. The number of aryl methyl sites for hydroxylation is 1. The molecule has 1 N–H and O–H groups in total. The molecule has 0 aliphatic carbocycles. The second kappa shape index (κ2) is 6.36. The summed E-state index contributed by atoms with van der Waals surface area (Å²) in [6, 6.07) is 13.2. The van der Waals surface area contributed by atoms with E-state index in [0.29, 0.717) is 10.4 Å². The number of amides is 1. The first-order valence-corrected chi connectivity index (χ1v) is 7.60. The van der Waals surface area contributed by atoms with Gasteiger partial charge in [0.25, 0.3) is 5.91 Å². The molecule has 3 aromatic rings. The highest BCUT2D eigenvalue weighted by Gasteiger charge is 2.06. The minimum Gasteiger partial charge on any atom is -0.288 e. The van der Waals surface area contributed by atoms with Gasteiger partial charge in [-0.3, -0.25) is 14.3 Å². The number of hydrogen-bond donors (Lipinski definition) is 1. The lowest BCUT2D eigenvalue weighted by Crippen LogP contribution is -2.24. The van der Waals surface area contributed by atoms with Gasteiger partial charge in [-0.15, -0.1) is 16.4 Å². The van der Waals surface area contributed by atoms with E-state index in [0.717, 1.165) is 11.4 Å². The third-order valence-electron chi connectivity index (χ3n) is 3.09. The lowest BCUT2D eigenvalue weighted by molar-refractivity contribution is 0.0953. The Bertz CT molecular complexity index is 837. The van der Waals surface area contributed by atoms with Crippen molar-refractivity contribution < 1.29 is 4.79 Å². The van der Waals surface area contributed by atoms with E-state index in [1.165, 1.54) is 11.3 Å². The summed E-state index contributed by atoms with van der Waals surface area (Å²) in [6.07, 6.45) is 3.16. The van der Waals surface area contributed by atoms with Crippen molar-refractivity contribution in [2.45, 2.75) is 6.92 Å². The van der Waals surface area contributed by atoms with Crippen LogP contribution in [0.25, 0.3) is 5.69 Å². The van der Waals surface area contributed by atoms with Gasteiger partial charge in [-0.05, 0) is 31.2 Å². The van der Waals surface area contributed by atoms with Crippen LogP contribution in [0.15, 0.2) is 65.3 Å². The third kappa shape index (κ3) is 2.96. The molecule has 0 saturated carbocycles. The van der Waals surface area contributed by atoms with Crippen molar-refractivity contribution in [3.63, 3.8) is 0 Å². The maximum absolute atomic E-state index is 12.0. The molecule has 3 rings (SSSR count). The van der Waals surface area contributed by atoms with Crippen molar-refractivity contribution in [3.8, 4) is 5.69 Å². The highest BCUT2D eigenvalue weighted by Crippen LogP contribution is 2.09. The predicted octanol–water partition coefficient (Wildman–Crippen LogP) is 2.49. The van der Waals surface area contributed by atoms with Crippen molar-refractivity contribution >= 4 is 17.2 Å². The molecule has 0 aliphatic heterocycles. The van der Waals surface area contributed by atoms with Gasteiger partial charge in [-0.25, -0.2) is 5.43 Å². The molecule has 0 fully saturated rings. The van der Waals surface area contributed by atoms with Crippen LogP contribution in [0.5, 0.6) is 0 Å². The average Bonchev–Trinajstić information content (AvgIpc) is 2.95. The van der Waals surface area contributed by atoms with E-state index in [9.17, 15) is 4.79 Å². The molecule has 22 heavy (non-hydrogen) atoms. The maximum Gasteiger partial charge on any atom is 0.271 e. The van der Waals surface area contributed by atoms with Gasteiger partial charge in [0.2, 0.25) is 4.80 Å². The highest BCUT2D eigenvalue weighted by atomic mass is 32.1. The number of pyridine rings is 1. The number of carbonyl (C=O) groups excluding carboxylic acids is 1. The molecule has 0 atom stereocenters. The zero-order valence-electron chi connectivity index (χ0n) is 11.9. The average molecular weight is 310 g/mol. The third-order valence-corrected chi connectivity index (χ3v) is 4.03. The fourth-order valence-corrected chi connectivity index (χ4v) is 2.86. The molecule has 2 heterocycles. The standard InChI is InChI=1S/C16H14N4OS/c1-12-11-22-16(20(12)14-5-3-2-4-6-14)19-18-15(21)13-7-9-17-10-8-13/h2-11H,1H3,(H,18,21)/b19-16-. The van der Waals surface area contributed by atoms with Gasteiger partial charge in [-0.2, -0.15) is 0 Å². The monoisotopic (exact) mass is 310 g/mol. The van der Waals surface area contributed by atoms with Gasteiger partial charge in [0, 0.05) is 34.7 Å². The summed E-state index contributed by atoms with van der Waals surface area (Å²) in [5.41, 5.74) is 5.19. The number of aromatic nitrogens is 2. The molecular formula is C16H14N4OS. The molecule has 6 heteroatoms. The van der Waals surface area contributed by atoms with E-state index in [1.54, 1.807) is 24.5 Å². The summed E-state index contributed by atoms with van der Waals surface area (Å²) < 4.78 is 2.00. The highest BCUT2D eigenvalue weighted by molar-refractivity contribution is 7.07. The molecular weight excluding hydrogens is 296 g/mol. The Morgan fingerprint density at radius 1 is 1.18 bits per heavy atom. The number of thiazole rings is 1. The Balaban J connectivity index is 1.92. The van der Waals surface area contributed by atoms with E-state index < -0.39 is 0 Å². The first-order chi connectivity index (χ1) is 10.8. The quantitative estimate of drug-likeness (QED) is 0.756. The van der Waals surface area contributed by atoms with Crippen LogP contribution in [0, 0.1) is 6.92 Å². The van der Waals surface area contributed by atoms with Crippen molar-refractivity contribution in [2.24, 2.45) is 5.10 Å². The van der Waals surface area contributed by atoms with Crippen LogP contribution in [0.4, 0.5) is 0 Å². The van der Waals surface area contributed by atoms with Gasteiger partial charge in [0.1, 0.15) is 0 Å². The van der Waals surface area contributed by atoms with Crippen molar-refractivity contribution in [1.29, 1.82) is 0 Å². The van der Waals surface area contributed by atoms with Gasteiger partial charge >= 0.3 is 0 Å². The number of carbonyl (C=O) groups is 1. The van der Waals surface area contributed by atoms with Crippen LogP contribution >= 0.6 is 11.3 Å². The summed E-state index contributed by atoms with van der Waals surface area (Å²) in [5.74, 6) is -0.256. The van der Waals surface area contributed by atoms with Gasteiger partial charge in [0.15, 0.2) is 0 Å². The Morgan fingerprint density at radius 2 is 1.91 bits per heavy atom. The van der Waals surface area contributed by atoms with E-state index in [2.05, 4.69) is 15.5 Å². The molecule has 0 unspecified atom stereocenters. The second-order valence-electron chi connectivity index (χ2n) is 4.62. The summed E-state index contributed by atoms with van der Waals surface area (Å²) in [5, 5.41) is 6.25. The summed E-state index contributed by atoms with van der Waals surface area (Å²) in [4.78, 5) is 16.6. The van der Waals surface area contributed by atoms with E-state index >= 15 is 0 Å². The summed E-state index contributed by atoms with van der Waals surface area (Å²) in [7, 11) is 0. The largest absolute Gasteiger partial charge is 0.288 e. The SMILES string of the molecule is Cc1cs/c(=N\NC(=O)c2ccncc2)n1-c1ccccc1. The Morgan fingerprint density at radius 3 is 2.64 bits per heavy atom. The van der Waals surface area contributed by atoms with Gasteiger partial charge in [0.05, 0.1) is 0 Å². The molecule has 0 bridgehead atoms. The molecule has 0 saturated heterocycles. The number of para-hydroxylation sites is 1. The topological polar surface area (TPSA) is 59.3 Å². The van der Waals surface area contributed by atoms with Crippen LogP contribution in [-0.2, 0) is 0 Å². The normalized spacial score (nSPS) is 11.4. The van der Waals surface area contributed by atoms with Crippen molar-refractivity contribution in [1.82, 2.24) is 15.0 Å². The Hall–Kier alpha value is -2.73. The van der Waals surface area contributed by atoms with Crippen LogP contribution in [0.1, 0.15) is 16.1 Å². The minimum absolute atomic E-state index is 0.256. The number of nitrogens with one attached hydrogen (secondary N) is 1. The molecule has 0 radical (unpaired) electrons. The smallest absolute Gasteiger partial charge is 0.271 e. The minimum atomic E-state index is -0.256. The summed E-state index contributed by atoms with van der Waals surface area (Å²) in [6.45, 7) is 2.01. The van der Waals surface area contributed by atoms with Crippen LogP contribution < -0.4 is 10.2 Å². The summed E-state index contributed by atoms with van der Waals surface area (Å²) >= 11 is 1.48. The molecule has 0 aliphatic rings. The molecule has 5 nitrogen and oxygen atoms in total. The molecule has 2 aromatic heterocycles. The van der Waals surface area contributed by atoms with E-state index in [1.807, 2.05) is 47.2 Å². The van der Waals surface area contributed by atoms with Crippen molar-refractivity contribution in [3.05, 3.63) is 76.3 Å². The molecule has 1 aromatic carbocycles. The molecule has 0 spiro atoms. The van der Waals surface area contributed by atoms with E-state index in [-0.39, 0.29) is 5.91 Å².